The molecule has 0 saturated carbocycles. The van der Waals surface area contributed by atoms with Gasteiger partial charge in [0.1, 0.15) is 0 Å². The molecule has 1 saturated heterocycles. The maximum Gasteiger partial charge on any atom is 0.319 e. The van der Waals surface area contributed by atoms with E-state index < -0.39 is 0 Å². The van der Waals surface area contributed by atoms with Gasteiger partial charge in [0.25, 0.3) is 0 Å². The minimum atomic E-state index is -0.376. The van der Waals surface area contributed by atoms with E-state index in [0.717, 1.165) is 17.7 Å². The summed E-state index contributed by atoms with van der Waals surface area (Å²) in [5.74, 6) is 0. The summed E-state index contributed by atoms with van der Waals surface area (Å²) in [6, 6.07) is 7.39. The number of rotatable bonds is 4. The molecular weight excluding hydrogens is 280 g/mol. The third-order valence-electron chi connectivity index (χ3n) is 3.88. The van der Waals surface area contributed by atoms with Crippen molar-refractivity contribution in [1.29, 1.82) is 0 Å². The molecule has 1 aliphatic heterocycles. The van der Waals surface area contributed by atoms with Crippen LogP contribution in [0.3, 0.4) is 0 Å². The van der Waals surface area contributed by atoms with Gasteiger partial charge in [0.05, 0.1) is 23.9 Å². The lowest BCUT2D eigenvalue weighted by molar-refractivity contribution is -0.0689. The van der Waals surface area contributed by atoms with Crippen LogP contribution in [0.2, 0.25) is 0 Å². The van der Waals surface area contributed by atoms with E-state index in [1.807, 2.05) is 52.0 Å². The van der Waals surface area contributed by atoms with Crippen LogP contribution in [0, 0.1) is 0 Å². The number of methoxy groups -OCH3 is 1. The number of amides is 2. The van der Waals surface area contributed by atoms with Gasteiger partial charge in [-0.2, -0.15) is 0 Å². The van der Waals surface area contributed by atoms with Gasteiger partial charge < -0.3 is 20.1 Å². The summed E-state index contributed by atoms with van der Waals surface area (Å²) in [6.07, 6.45) is 0.789. The molecule has 5 heteroatoms. The Hall–Kier alpha value is -1.59. The molecular formula is C17H26N2O3. The monoisotopic (exact) mass is 306 g/mol. The Kier molecular flexibility index (Phi) is 4.78. The van der Waals surface area contributed by atoms with E-state index in [1.54, 1.807) is 7.11 Å². The molecule has 0 aliphatic carbocycles. The van der Waals surface area contributed by atoms with Gasteiger partial charge in [-0.25, -0.2) is 4.79 Å². The van der Waals surface area contributed by atoms with Crippen molar-refractivity contribution in [1.82, 2.24) is 5.32 Å². The second kappa shape index (κ2) is 6.26. The topological polar surface area (TPSA) is 59.6 Å². The van der Waals surface area contributed by atoms with Gasteiger partial charge in [-0.1, -0.05) is 12.1 Å². The fourth-order valence-corrected chi connectivity index (χ4v) is 3.02. The molecule has 0 radical (unpaired) electrons. The summed E-state index contributed by atoms with van der Waals surface area (Å²) < 4.78 is 11.1. The van der Waals surface area contributed by atoms with Gasteiger partial charge in [-0.15, -0.1) is 0 Å². The van der Waals surface area contributed by atoms with Crippen molar-refractivity contribution in [3.63, 3.8) is 0 Å². The largest absolute Gasteiger partial charge is 0.380 e. The second-order valence-electron chi connectivity index (χ2n) is 6.95. The third kappa shape index (κ3) is 4.21. The maximum absolute atomic E-state index is 12.2. The number of benzene rings is 1. The Morgan fingerprint density at radius 3 is 2.68 bits per heavy atom. The first-order valence-corrected chi connectivity index (χ1v) is 7.57. The predicted octanol–water partition coefficient (Wildman–Crippen LogP) is 3.30. The predicted molar refractivity (Wildman–Crippen MR) is 87.0 cm³/mol. The van der Waals surface area contributed by atoms with E-state index in [-0.39, 0.29) is 23.3 Å². The Labute approximate surface area is 132 Å². The summed E-state index contributed by atoms with van der Waals surface area (Å²) in [4.78, 5) is 12.2. The van der Waals surface area contributed by atoms with Crippen LogP contribution in [0.25, 0.3) is 0 Å². The van der Waals surface area contributed by atoms with Gasteiger partial charge in [-0.3, -0.25) is 0 Å². The number of anilines is 1. The lowest BCUT2D eigenvalue weighted by Crippen LogP contribution is -2.47. The maximum atomic E-state index is 12.2. The smallest absolute Gasteiger partial charge is 0.319 e. The Morgan fingerprint density at radius 2 is 2.09 bits per heavy atom. The van der Waals surface area contributed by atoms with Crippen molar-refractivity contribution < 1.29 is 14.3 Å². The molecule has 2 rings (SSSR count). The molecule has 5 nitrogen and oxygen atoms in total. The molecule has 1 heterocycles. The first-order valence-electron chi connectivity index (χ1n) is 7.57. The van der Waals surface area contributed by atoms with Gasteiger partial charge in [-0.05, 0) is 51.8 Å². The highest BCUT2D eigenvalue weighted by Crippen LogP contribution is 2.37. The third-order valence-corrected chi connectivity index (χ3v) is 3.88. The van der Waals surface area contributed by atoms with Gasteiger partial charge in [0, 0.05) is 12.8 Å². The Balaban J connectivity index is 1.97. The highest BCUT2D eigenvalue weighted by atomic mass is 16.5. The van der Waals surface area contributed by atoms with Crippen LogP contribution in [0.15, 0.2) is 24.3 Å². The quantitative estimate of drug-likeness (QED) is 0.897. The summed E-state index contributed by atoms with van der Waals surface area (Å²) >= 11 is 0. The van der Waals surface area contributed by atoms with E-state index in [0.29, 0.717) is 6.61 Å². The van der Waals surface area contributed by atoms with Gasteiger partial charge in [0.15, 0.2) is 0 Å². The zero-order valence-corrected chi connectivity index (χ0v) is 14.0. The van der Waals surface area contributed by atoms with E-state index >= 15 is 0 Å². The number of urea groups is 1. The minimum Gasteiger partial charge on any atom is -0.380 e. The van der Waals surface area contributed by atoms with Crippen molar-refractivity contribution in [2.45, 2.75) is 58.0 Å². The molecule has 0 spiro atoms. The zero-order valence-electron chi connectivity index (χ0n) is 14.0. The molecule has 0 bridgehead atoms. The summed E-state index contributed by atoms with van der Waals surface area (Å²) in [6.45, 7) is 8.62. The molecule has 1 aliphatic rings. The SMILES string of the molecule is COCc1cccc(NC(=O)NC2CC(C)(C)OC2(C)C)c1. The number of ether oxygens (including phenoxy) is 2. The van der Waals surface area contributed by atoms with Gasteiger partial charge >= 0.3 is 6.03 Å². The van der Waals surface area contributed by atoms with Crippen LogP contribution in [-0.2, 0) is 16.1 Å². The molecule has 122 valence electrons. The van der Waals surface area contributed by atoms with E-state index in [9.17, 15) is 4.79 Å². The first kappa shape index (κ1) is 16.8. The van der Waals surface area contributed by atoms with Crippen LogP contribution < -0.4 is 10.6 Å². The Bertz CT molecular complexity index is 540. The van der Waals surface area contributed by atoms with Crippen molar-refractivity contribution in [2.75, 3.05) is 12.4 Å². The molecule has 1 aromatic rings. The van der Waals surface area contributed by atoms with Crippen LogP contribution >= 0.6 is 0 Å². The lowest BCUT2D eigenvalue weighted by Gasteiger charge is -2.27. The van der Waals surface area contributed by atoms with Crippen molar-refractivity contribution >= 4 is 11.7 Å². The fourth-order valence-electron chi connectivity index (χ4n) is 3.02. The fraction of sp³-hybridized carbons (Fsp3) is 0.588. The zero-order chi connectivity index (χ0) is 16.4. The molecule has 1 unspecified atom stereocenters. The molecule has 1 fully saturated rings. The number of carbonyl (C=O) groups excluding carboxylic acids is 1. The van der Waals surface area contributed by atoms with Crippen molar-refractivity contribution in [2.24, 2.45) is 0 Å². The van der Waals surface area contributed by atoms with Crippen LogP contribution in [0.5, 0.6) is 0 Å². The van der Waals surface area contributed by atoms with Crippen molar-refractivity contribution in [3.8, 4) is 0 Å². The molecule has 0 aromatic heterocycles. The van der Waals surface area contributed by atoms with Crippen molar-refractivity contribution in [3.05, 3.63) is 29.8 Å². The molecule has 2 N–H and O–H groups in total. The summed E-state index contributed by atoms with van der Waals surface area (Å²) in [5.41, 5.74) is 1.17. The van der Waals surface area contributed by atoms with Crippen LogP contribution in [0.4, 0.5) is 10.5 Å². The van der Waals surface area contributed by atoms with Gasteiger partial charge in [0.2, 0.25) is 0 Å². The van der Waals surface area contributed by atoms with Crippen LogP contribution in [0.1, 0.15) is 39.7 Å². The van der Waals surface area contributed by atoms with E-state index in [1.165, 1.54) is 0 Å². The summed E-state index contributed by atoms with van der Waals surface area (Å²) in [5, 5.41) is 5.89. The number of hydrogen-bond donors (Lipinski definition) is 2. The highest BCUT2D eigenvalue weighted by molar-refractivity contribution is 5.89. The number of hydrogen-bond acceptors (Lipinski definition) is 3. The van der Waals surface area contributed by atoms with Crippen LogP contribution in [-0.4, -0.2) is 30.4 Å². The minimum absolute atomic E-state index is 0.0235. The van der Waals surface area contributed by atoms with E-state index in [4.69, 9.17) is 9.47 Å². The normalized spacial score (nSPS) is 22.3. The number of carbonyl (C=O) groups is 1. The molecule has 22 heavy (non-hydrogen) atoms. The average molecular weight is 306 g/mol. The standard InChI is InChI=1S/C17H26N2O3/c1-16(2)10-14(17(3,4)22-16)19-15(20)18-13-8-6-7-12(9-13)11-21-5/h6-9,14H,10-11H2,1-5H3,(H2,18,19,20). The Morgan fingerprint density at radius 1 is 1.36 bits per heavy atom. The molecule has 1 aromatic carbocycles. The average Bonchev–Trinajstić information content (AvgIpc) is 2.57. The second-order valence-corrected chi connectivity index (χ2v) is 6.95. The highest BCUT2D eigenvalue weighted by Gasteiger charge is 2.46. The number of nitrogens with one attached hydrogen (secondary N) is 2. The van der Waals surface area contributed by atoms with E-state index in [2.05, 4.69) is 10.6 Å². The summed E-state index contributed by atoms with van der Waals surface area (Å²) in [7, 11) is 1.65. The lowest BCUT2D eigenvalue weighted by atomic mass is 9.95. The molecule has 1 atom stereocenters. The first-order chi connectivity index (χ1) is 10.2. The molecule has 2 amide bonds.